The molecule has 7 atom stereocenters. The van der Waals surface area contributed by atoms with Crippen LogP contribution < -0.4 is 10.1 Å². The number of hydroxylamine groups is 2. The van der Waals surface area contributed by atoms with Crippen molar-refractivity contribution < 1.29 is 24.9 Å². The van der Waals surface area contributed by atoms with E-state index >= 15 is 0 Å². The molecule has 144 valence electrons. The average molecular weight is 356 g/mol. The molecule has 7 nitrogen and oxygen atoms in total. The zero-order valence-corrected chi connectivity index (χ0v) is 15.6. The Bertz CT molecular complexity index is 462. The monoisotopic (exact) mass is 356 g/mol. The summed E-state index contributed by atoms with van der Waals surface area (Å²) < 4.78 is 5.60. The highest BCUT2D eigenvalue weighted by atomic mass is 16.8. The molecule has 2 saturated heterocycles. The molecule has 7 heteroatoms. The number of nitrogens with one attached hydrogen (secondary N) is 2. The van der Waals surface area contributed by atoms with Crippen molar-refractivity contribution in [3.05, 3.63) is 5.21 Å². The van der Waals surface area contributed by atoms with Crippen LogP contribution in [0, 0.1) is 11.1 Å². The van der Waals surface area contributed by atoms with E-state index < -0.39 is 11.3 Å². The average Bonchev–Trinajstić information content (AvgIpc) is 2.91. The SMILES string of the molecule is CCOC1CCC(C(=O)C[NH+]2C(C)CN3CCCCC32)CC1[NH+]([O-])O. The fraction of sp³-hybridized carbons (Fsp3) is 0.944. The molecule has 0 bridgehead atoms. The lowest BCUT2D eigenvalue weighted by Crippen LogP contribution is -3.18. The lowest BCUT2D eigenvalue weighted by molar-refractivity contribution is -1.07. The molecule has 0 radical (unpaired) electrons. The number of ketones is 1. The van der Waals surface area contributed by atoms with Gasteiger partial charge in [-0.15, -0.1) is 0 Å². The van der Waals surface area contributed by atoms with Gasteiger partial charge in [0.15, 0.2) is 5.78 Å². The Labute approximate surface area is 150 Å². The van der Waals surface area contributed by atoms with E-state index in [1.165, 1.54) is 24.2 Å². The van der Waals surface area contributed by atoms with Crippen LogP contribution in [-0.2, 0) is 9.53 Å². The number of ether oxygens (including phenoxy) is 1. The van der Waals surface area contributed by atoms with E-state index in [0.717, 1.165) is 19.5 Å². The van der Waals surface area contributed by atoms with Crippen LogP contribution in [-0.4, -0.2) is 66.5 Å². The van der Waals surface area contributed by atoms with E-state index in [4.69, 9.17) is 4.74 Å². The van der Waals surface area contributed by atoms with Crippen molar-refractivity contribution in [3.8, 4) is 0 Å². The van der Waals surface area contributed by atoms with Crippen molar-refractivity contribution in [1.29, 1.82) is 0 Å². The molecule has 2 heterocycles. The number of carbonyl (C=O) groups excluding carboxylic acids is 1. The lowest BCUT2D eigenvalue weighted by atomic mass is 9.81. The number of fused-ring (bicyclic) bond motifs is 1. The van der Waals surface area contributed by atoms with E-state index in [9.17, 15) is 15.2 Å². The maximum absolute atomic E-state index is 12.9. The molecule has 3 aliphatic rings. The molecule has 3 N–H and O–H groups in total. The number of nitrogens with zero attached hydrogens (tertiary/aromatic N) is 1. The number of hydrogen-bond acceptors (Lipinski definition) is 5. The standard InChI is InChI=1S/C18H33N3O4/c1-3-25-17-8-7-14(10-15(17)21(23)24)16(22)12-20-13(2)11-19-9-5-4-6-18(19)20/h13-15,17-18,21,23H,3-12H2,1-2H3/p+1. The van der Waals surface area contributed by atoms with Gasteiger partial charge < -0.3 is 14.8 Å². The minimum absolute atomic E-state index is 0.116. The van der Waals surface area contributed by atoms with Gasteiger partial charge in [-0.1, -0.05) is 0 Å². The summed E-state index contributed by atoms with van der Waals surface area (Å²) in [5, 5.41) is 20.3. The van der Waals surface area contributed by atoms with Crippen molar-refractivity contribution in [2.24, 2.45) is 5.92 Å². The van der Waals surface area contributed by atoms with E-state index in [1.807, 2.05) is 6.92 Å². The van der Waals surface area contributed by atoms with Gasteiger partial charge in [0.25, 0.3) is 0 Å². The van der Waals surface area contributed by atoms with E-state index in [1.54, 1.807) is 0 Å². The van der Waals surface area contributed by atoms with Gasteiger partial charge in [-0.3, -0.25) is 4.79 Å². The Morgan fingerprint density at radius 1 is 1.36 bits per heavy atom. The van der Waals surface area contributed by atoms with Crippen LogP contribution in [0.4, 0.5) is 0 Å². The Balaban J connectivity index is 1.59. The first kappa shape index (κ1) is 19.2. The molecular weight excluding hydrogens is 322 g/mol. The molecule has 0 amide bonds. The highest BCUT2D eigenvalue weighted by molar-refractivity contribution is 5.82. The zero-order chi connectivity index (χ0) is 18.0. The largest absolute Gasteiger partial charge is 0.600 e. The number of carbonyl (C=O) groups is 1. The summed E-state index contributed by atoms with van der Waals surface area (Å²) >= 11 is 0. The number of piperidine rings is 1. The number of Topliss-reactive ketones (excluding diaryl/α,β-unsaturated/α-hetero) is 1. The third-order valence-corrected chi connectivity index (χ3v) is 6.50. The lowest BCUT2D eigenvalue weighted by Gasteiger charge is -2.38. The highest BCUT2D eigenvalue weighted by Crippen LogP contribution is 2.26. The quantitative estimate of drug-likeness (QED) is 0.532. The van der Waals surface area contributed by atoms with Gasteiger partial charge >= 0.3 is 0 Å². The second-order valence-electron chi connectivity index (χ2n) is 8.07. The molecule has 0 spiro atoms. The van der Waals surface area contributed by atoms with Crippen molar-refractivity contribution in [2.75, 3.05) is 26.2 Å². The summed E-state index contributed by atoms with van der Waals surface area (Å²) in [4.78, 5) is 16.9. The molecule has 7 unspecified atom stereocenters. The molecular formula is C18H34N3O4+. The van der Waals surface area contributed by atoms with Crippen LogP contribution in [0.1, 0.15) is 52.4 Å². The van der Waals surface area contributed by atoms with Crippen LogP contribution in [0.2, 0.25) is 0 Å². The van der Waals surface area contributed by atoms with Crippen molar-refractivity contribution in [1.82, 2.24) is 4.90 Å². The summed E-state index contributed by atoms with van der Waals surface area (Å²) in [7, 11) is 0. The second kappa shape index (κ2) is 8.41. The molecule has 0 aromatic rings. The van der Waals surface area contributed by atoms with Crippen LogP contribution >= 0.6 is 0 Å². The summed E-state index contributed by atoms with van der Waals surface area (Å²) in [5.41, 5.74) is 0. The van der Waals surface area contributed by atoms with Crippen molar-refractivity contribution >= 4 is 5.78 Å². The van der Waals surface area contributed by atoms with Gasteiger partial charge in [0.05, 0.1) is 12.6 Å². The first-order chi connectivity index (χ1) is 12.0. The minimum atomic E-state index is -0.823. The Kier molecular flexibility index (Phi) is 6.46. The van der Waals surface area contributed by atoms with Gasteiger partial charge in [0, 0.05) is 31.9 Å². The second-order valence-corrected chi connectivity index (χ2v) is 8.07. The van der Waals surface area contributed by atoms with Crippen LogP contribution in [0.25, 0.3) is 0 Å². The molecule has 3 fully saturated rings. The molecule has 25 heavy (non-hydrogen) atoms. The van der Waals surface area contributed by atoms with Gasteiger partial charge in [-0.2, -0.15) is 0 Å². The van der Waals surface area contributed by atoms with Gasteiger partial charge in [-0.05, 0) is 39.5 Å². The fourth-order valence-corrected chi connectivity index (χ4v) is 5.17. The molecule has 1 aliphatic carbocycles. The summed E-state index contributed by atoms with van der Waals surface area (Å²) in [6.45, 7) is 7.46. The molecule has 0 aromatic heterocycles. The summed E-state index contributed by atoms with van der Waals surface area (Å²) in [6, 6.07) is -0.0538. The van der Waals surface area contributed by atoms with E-state index in [-0.39, 0.29) is 17.8 Å². The van der Waals surface area contributed by atoms with Gasteiger partial charge in [-0.25, -0.2) is 15.3 Å². The highest BCUT2D eigenvalue weighted by Gasteiger charge is 2.45. The number of hydrogen-bond donors (Lipinski definition) is 3. The third kappa shape index (κ3) is 4.23. The number of quaternary nitrogens is 2. The predicted molar refractivity (Wildman–Crippen MR) is 92.2 cm³/mol. The van der Waals surface area contributed by atoms with Crippen molar-refractivity contribution in [2.45, 2.75) is 76.7 Å². The first-order valence-corrected chi connectivity index (χ1v) is 9.98. The maximum atomic E-state index is 12.9. The normalized spacial score (nSPS) is 40.6. The number of rotatable bonds is 6. The zero-order valence-electron chi connectivity index (χ0n) is 15.6. The Morgan fingerprint density at radius 2 is 2.16 bits per heavy atom. The Morgan fingerprint density at radius 3 is 2.88 bits per heavy atom. The van der Waals surface area contributed by atoms with E-state index in [2.05, 4.69) is 11.8 Å². The van der Waals surface area contributed by atoms with Crippen molar-refractivity contribution in [3.63, 3.8) is 0 Å². The first-order valence-electron chi connectivity index (χ1n) is 9.98. The predicted octanol–water partition coefficient (Wildman–Crippen LogP) is -1.000. The van der Waals surface area contributed by atoms with Crippen LogP contribution in [0.5, 0.6) is 0 Å². The molecule has 2 aliphatic heterocycles. The van der Waals surface area contributed by atoms with Gasteiger partial charge in [0.2, 0.25) is 0 Å². The van der Waals surface area contributed by atoms with Crippen LogP contribution in [0.3, 0.4) is 0 Å². The summed E-state index contributed by atoms with van der Waals surface area (Å²) in [5.74, 6) is 0.144. The van der Waals surface area contributed by atoms with Gasteiger partial charge in [0.1, 0.15) is 24.9 Å². The topological polar surface area (TPSA) is 81.7 Å². The fourth-order valence-electron chi connectivity index (χ4n) is 5.17. The third-order valence-electron chi connectivity index (χ3n) is 6.50. The van der Waals surface area contributed by atoms with E-state index in [0.29, 0.717) is 38.2 Å². The minimum Gasteiger partial charge on any atom is -0.600 e. The molecule has 1 saturated carbocycles. The molecule has 3 rings (SSSR count). The smallest absolute Gasteiger partial charge is 0.190 e. The molecule has 0 aromatic carbocycles. The van der Waals surface area contributed by atoms with Crippen LogP contribution in [0.15, 0.2) is 0 Å². The maximum Gasteiger partial charge on any atom is 0.190 e. The summed E-state index contributed by atoms with van der Waals surface area (Å²) in [6.07, 6.45) is 5.85. The Hall–Kier alpha value is -0.570.